The van der Waals surface area contributed by atoms with Gasteiger partial charge in [0, 0.05) is 22.2 Å². The number of hydrogen-bond donors (Lipinski definition) is 2. The number of ketones is 1. The molecule has 2 aromatic heterocycles. The second-order valence-corrected chi connectivity index (χ2v) is 8.08. The van der Waals surface area contributed by atoms with Crippen molar-refractivity contribution in [3.63, 3.8) is 0 Å². The van der Waals surface area contributed by atoms with Gasteiger partial charge in [0.25, 0.3) is 5.91 Å². The number of nitrogens with one attached hydrogen (secondary N) is 1. The summed E-state index contributed by atoms with van der Waals surface area (Å²) >= 11 is 1.22. The number of rotatable bonds is 5. The van der Waals surface area contributed by atoms with Crippen molar-refractivity contribution in [2.75, 3.05) is 18.2 Å². The highest BCUT2D eigenvalue weighted by Gasteiger charge is 2.25. The van der Waals surface area contributed by atoms with Gasteiger partial charge in [-0.2, -0.15) is 0 Å². The van der Waals surface area contributed by atoms with Crippen LogP contribution >= 0.6 is 11.3 Å². The molecule has 0 radical (unpaired) electrons. The molecule has 0 unspecified atom stereocenters. The van der Waals surface area contributed by atoms with Crippen LogP contribution in [0.5, 0.6) is 5.75 Å². The summed E-state index contributed by atoms with van der Waals surface area (Å²) in [6.07, 6.45) is 0. The van der Waals surface area contributed by atoms with Gasteiger partial charge in [-0.3, -0.25) is 9.59 Å². The van der Waals surface area contributed by atoms with Crippen LogP contribution in [-0.4, -0.2) is 23.8 Å². The van der Waals surface area contributed by atoms with Crippen LogP contribution in [0.3, 0.4) is 0 Å². The molecule has 0 fully saturated rings. The number of hydrogen-bond acceptors (Lipinski definition) is 6. The summed E-state index contributed by atoms with van der Waals surface area (Å²) < 4.78 is 5.26. The molecule has 0 aliphatic heterocycles. The van der Waals surface area contributed by atoms with Crippen molar-refractivity contribution >= 4 is 44.6 Å². The first-order valence-corrected chi connectivity index (χ1v) is 10.5. The van der Waals surface area contributed by atoms with Crippen LogP contribution in [0.4, 0.5) is 11.4 Å². The number of carbonyl (C=O) groups is 2. The van der Waals surface area contributed by atoms with Gasteiger partial charge in [-0.15, -0.1) is 11.3 Å². The Hall–Kier alpha value is -3.71. The number of Topliss-reactive ketones (excluding diaryl/α,β-unsaturated/α-hetero) is 1. The van der Waals surface area contributed by atoms with E-state index < -0.39 is 0 Å². The van der Waals surface area contributed by atoms with E-state index >= 15 is 0 Å². The van der Waals surface area contributed by atoms with Crippen LogP contribution < -0.4 is 15.8 Å². The Bertz CT molecular complexity index is 1300. The first kappa shape index (κ1) is 20.6. The van der Waals surface area contributed by atoms with Crippen LogP contribution in [0.25, 0.3) is 21.3 Å². The van der Waals surface area contributed by atoms with E-state index in [0.717, 1.165) is 5.56 Å². The van der Waals surface area contributed by atoms with Crippen molar-refractivity contribution in [2.24, 2.45) is 0 Å². The number of para-hydroxylation sites is 1. The number of methoxy groups -OCH3 is 1. The highest BCUT2D eigenvalue weighted by Crippen LogP contribution is 2.42. The fraction of sp³-hybridized carbons (Fsp3) is 0.125. The van der Waals surface area contributed by atoms with E-state index in [9.17, 15) is 9.59 Å². The van der Waals surface area contributed by atoms with Crippen LogP contribution in [0.1, 0.15) is 32.6 Å². The molecule has 31 heavy (non-hydrogen) atoms. The monoisotopic (exact) mass is 431 g/mol. The van der Waals surface area contributed by atoms with Gasteiger partial charge in [0.05, 0.1) is 18.5 Å². The van der Waals surface area contributed by atoms with Gasteiger partial charge in [-0.05, 0) is 43.7 Å². The van der Waals surface area contributed by atoms with E-state index in [4.69, 9.17) is 10.5 Å². The van der Waals surface area contributed by atoms with E-state index in [-0.39, 0.29) is 11.7 Å². The molecule has 4 rings (SSSR count). The van der Waals surface area contributed by atoms with E-state index in [1.165, 1.54) is 18.3 Å². The van der Waals surface area contributed by atoms with Crippen molar-refractivity contribution in [3.8, 4) is 16.9 Å². The Balaban J connectivity index is 1.93. The summed E-state index contributed by atoms with van der Waals surface area (Å²) in [6, 6.07) is 16.6. The molecule has 0 saturated carbocycles. The fourth-order valence-electron chi connectivity index (χ4n) is 3.62. The van der Waals surface area contributed by atoms with Crippen molar-refractivity contribution in [1.82, 2.24) is 4.98 Å². The lowest BCUT2D eigenvalue weighted by Crippen LogP contribution is -2.11. The molecular formula is C24H21N3O3S. The Morgan fingerprint density at radius 2 is 1.74 bits per heavy atom. The number of thiophene rings is 1. The third kappa shape index (κ3) is 3.75. The summed E-state index contributed by atoms with van der Waals surface area (Å²) in [5, 5.41) is 3.48. The zero-order chi connectivity index (χ0) is 22.1. The molecule has 0 bridgehead atoms. The molecule has 0 aliphatic rings. The fourth-order valence-corrected chi connectivity index (χ4v) is 4.67. The lowest BCUT2D eigenvalue weighted by molar-refractivity contribution is 0.101. The quantitative estimate of drug-likeness (QED) is 0.417. The first-order chi connectivity index (χ1) is 14.9. The van der Waals surface area contributed by atoms with Crippen LogP contribution in [0, 0.1) is 6.92 Å². The number of aryl methyl sites for hydroxylation is 1. The normalized spacial score (nSPS) is 10.8. The predicted octanol–water partition coefficient (Wildman–Crippen LogP) is 5.32. The average molecular weight is 432 g/mol. The van der Waals surface area contributed by atoms with Gasteiger partial charge in [-0.25, -0.2) is 4.98 Å². The minimum atomic E-state index is -0.311. The van der Waals surface area contributed by atoms with E-state index in [0.29, 0.717) is 49.0 Å². The number of benzene rings is 2. The molecule has 6 nitrogen and oxygen atoms in total. The highest BCUT2D eigenvalue weighted by atomic mass is 32.1. The summed E-state index contributed by atoms with van der Waals surface area (Å²) in [5.41, 5.74) is 10.1. The van der Waals surface area contributed by atoms with Gasteiger partial charge in [-0.1, -0.05) is 30.3 Å². The molecule has 3 N–H and O–H groups in total. The average Bonchev–Trinajstić information content (AvgIpc) is 3.09. The zero-order valence-corrected chi connectivity index (χ0v) is 18.2. The lowest BCUT2D eigenvalue weighted by atomic mass is 9.93. The summed E-state index contributed by atoms with van der Waals surface area (Å²) in [5.74, 6) is 0.282. The van der Waals surface area contributed by atoms with Crippen LogP contribution in [0.2, 0.25) is 0 Å². The molecule has 156 valence electrons. The Morgan fingerprint density at radius 3 is 2.35 bits per heavy atom. The number of pyridine rings is 1. The second kappa shape index (κ2) is 8.20. The van der Waals surface area contributed by atoms with Crippen LogP contribution in [0.15, 0.2) is 54.6 Å². The Labute approximate surface area is 183 Å². The van der Waals surface area contributed by atoms with Gasteiger partial charge in [0.2, 0.25) is 0 Å². The maximum Gasteiger partial charge on any atom is 0.267 e. The predicted molar refractivity (Wildman–Crippen MR) is 125 cm³/mol. The molecule has 4 aromatic rings. The number of ether oxygens (including phenoxy) is 1. The van der Waals surface area contributed by atoms with Crippen molar-refractivity contribution < 1.29 is 14.3 Å². The number of fused-ring (bicyclic) bond motifs is 1. The minimum Gasteiger partial charge on any atom is -0.497 e. The molecule has 7 heteroatoms. The SMILES string of the molecule is COc1ccc(-c2c(C(C)=O)c(C)nc3sc(C(=O)Nc4ccccc4)c(N)c23)cc1. The topological polar surface area (TPSA) is 94.3 Å². The molecular weight excluding hydrogens is 410 g/mol. The molecule has 1 amide bonds. The molecule has 2 heterocycles. The lowest BCUT2D eigenvalue weighted by Gasteiger charge is -2.13. The number of nitrogen functional groups attached to an aromatic ring is 1. The number of amides is 1. The second-order valence-electron chi connectivity index (χ2n) is 7.08. The largest absolute Gasteiger partial charge is 0.497 e. The highest BCUT2D eigenvalue weighted by molar-refractivity contribution is 7.21. The molecule has 0 atom stereocenters. The smallest absolute Gasteiger partial charge is 0.267 e. The van der Waals surface area contributed by atoms with Gasteiger partial charge in [0.15, 0.2) is 5.78 Å². The maximum absolute atomic E-state index is 12.9. The molecule has 0 spiro atoms. The van der Waals surface area contributed by atoms with E-state index in [1.54, 1.807) is 26.2 Å². The van der Waals surface area contributed by atoms with Gasteiger partial charge in [0.1, 0.15) is 15.5 Å². The number of anilines is 2. The number of nitrogens with zero attached hydrogens (tertiary/aromatic N) is 1. The molecule has 2 aromatic carbocycles. The number of carbonyl (C=O) groups excluding carboxylic acids is 2. The third-order valence-electron chi connectivity index (χ3n) is 5.03. The summed E-state index contributed by atoms with van der Waals surface area (Å²) in [4.78, 5) is 31.1. The number of nitrogens with two attached hydrogens (primary N) is 1. The van der Waals surface area contributed by atoms with Gasteiger partial charge < -0.3 is 15.8 Å². The van der Waals surface area contributed by atoms with E-state index in [2.05, 4.69) is 10.3 Å². The Morgan fingerprint density at radius 1 is 1.06 bits per heavy atom. The Kier molecular flexibility index (Phi) is 5.44. The first-order valence-electron chi connectivity index (χ1n) is 9.65. The van der Waals surface area contributed by atoms with Crippen molar-refractivity contribution in [2.45, 2.75) is 13.8 Å². The molecule has 0 aliphatic carbocycles. The standard InChI is InChI=1S/C24H21N3O3S/c1-13-18(14(2)28)19(15-9-11-17(30-3)12-10-15)20-21(25)22(31-24(20)26-13)23(29)27-16-7-5-4-6-8-16/h4-12H,25H2,1-3H3,(H,27,29). The minimum absolute atomic E-state index is 0.112. The number of aromatic nitrogens is 1. The van der Waals surface area contributed by atoms with Crippen molar-refractivity contribution in [3.05, 3.63) is 70.7 Å². The third-order valence-corrected chi connectivity index (χ3v) is 6.12. The summed E-state index contributed by atoms with van der Waals surface area (Å²) in [6.45, 7) is 3.30. The van der Waals surface area contributed by atoms with Gasteiger partial charge >= 0.3 is 0 Å². The summed E-state index contributed by atoms with van der Waals surface area (Å²) in [7, 11) is 1.60. The zero-order valence-electron chi connectivity index (χ0n) is 17.4. The van der Waals surface area contributed by atoms with Crippen LogP contribution in [-0.2, 0) is 0 Å². The van der Waals surface area contributed by atoms with Crippen molar-refractivity contribution in [1.29, 1.82) is 0 Å². The van der Waals surface area contributed by atoms with E-state index in [1.807, 2.05) is 42.5 Å². The maximum atomic E-state index is 12.9. The molecule has 0 saturated heterocycles.